The molecule has 3 heteroatoms. The third kappa shape index (κ3) is 1.42. The van der Waals surface area contributed by atoms with E-state index < -0.39 is 5.54 Å². The second-order valence-corrected chi connectivity index (χ2v) is 4.20. The lowest BCUT2D eigenvalue weighted by molar-refractivity contribution is 0.0192. The average molecular weight is 195 g/mol. The van der Waals surface area contributed by atoms with E-state index in [9.17, 15) is 9.50 Å². The number of hydrogen-bond acceptors (Lipinski definition) is 2. The molecule has 76 valence electrons. The van der Waals surface area contributed by atoms with E-state index in [0.29, 0.717) is 18.4 Å². The summed E-state index contributed by atoms with van der Waals surface area (Å²) in [5.41, 5.74) is 6.85. The third-order valence-corrected chi connectivity index (χ3v) is 2.86. The molecule has 2 nitrogen and oxygen atoms in total. The molecule has 0 bridgehead atoms. The lowest BCUT2D eigenvalue weighted by Gasteiger charge is -2.42. The SMILES string of the molecule is Cc1ccc(F)c(C2(N)CC(O)C2)c1. The molecule has 0 aromatic heterocycles. The number of aliphatic hydroxyl groups excluding tert-OH is 1. The Morgan fingerprint density at radius 1 is 1.50 bits per heavy atom. The maximum absolute atomic E-state index is 13.5. The highest BCUT2D eigenvalue weighted by Crippen LogP contribution is 2.40. The molecule has 0 heterocycles. The minimum absolute atomic E-state index is 0.273. The predicted octanol–water partition coefficient (Wildman–Crippen LogP) is 1.44. The Hall–Kier alpha value is -0.930. The summed E-state index contributed by atoms with van der Waals surface area (Å²) >= 11 is 0. The molecule has 1 aliphatic rings. The third-order valence-electron chi connectivity index (χ3n) is 2.86. The van der Waals surface area contributed by atoms with Crippen molar-refractivity contribution in [2.75, 3.05) is 0 Å². The van der Waals surface area contributed by atoms with Gasteiger partial charge < -0.3 is 10.8 Å². The van der Waals surface area contributed by atoms with Crippen LogP contribution in [0.25, 0.3) is 0 Å². The van der Waals surface area contributed by atoms with Crippen molar-refractivity contribution < 1.29 is 9.50 Å². The highest BCUT2D eigenvalue weighted by atomic mass is 19.1. The monoisotopic (exact) mass is 195 g/mol. The van der Waals surface area contributed by atoms with E-state index in [1.807, 2.05) is 6.92 Å². The zero-order valence-electron chi connectivity index (χ0n) is 8.13. The fraction of sp³-hybridized carbons (Fsp3) is 0.455. The number of aryl methyl sites for hydroxylation is 1. The van der Waals surface area contributed by atoms with Crippen molar-refractivity contribution in [2.24, 2.45) is 5.73 Å². The predicted molar refractivity (Wildman–Crippen MR) is 52.2 cm³/mol. The quantitative estimate of drug-likeness (QED) is 0.712. The zero-order chi connectivity index (χ0) is 10.3. The molecule has 0 aliphatic heterocycles. The molecular formula is C11H14FNO. The summed E-state index contributed by atoms with van der Waals surface area (Å²) in [6.45, 7) is 1.90. The number of hydrogen-bond donors (Lipinski definition) is 2. The molecular weight excluding hydrogens is 181 g/mol. The molecule has 14 heavy (non-hydrogen) atoms. The molecule has 0 radical (unpaired) electrons. The Morgan fingerprint density at radius 3 is 2.71 bits per heavy atom. The standard InChI is InChI=1S/C11H14FNO/c1-7-2-3-10(12)9(4-7)11(13)5-8(14)6-11/h2-4,8,14H,5-6,13H2,1H3. The van der Waals surface area contributed by atoms with Crippen LogP contribution in [0, 0.1) is 12.7 Å². The molecule has 0 amide bonds. The summed E-state index contributed by atoms with van der Waals surface area (Å²) in [5, 5.41) is 9.20. The first-order valence-corrected chi connectivity index (χ1v) is 4.75. The molecule has 0 unspecified atom stereocenters. The summed E-state index contributed by atoms with van der Waals surface area (Å²) in [7, 11) is 0. The van der Waals surface area contributed by atoms with Crippen molar-refractivity contribution in [1.82, 2.24) is 0 Å². The minimum atomic E-state index is -0.657. The van der Waals surface area contributed by atoms with Crippen LogP contribution in [0.4, 0.5) is 4.39 Å². The molecule has 0 saturated heterocycles. The molecule has 1 fully saturated rings. The summed E-state index contributed by atoms with van der Waals surface area (Å²) < 4.78 is 13.5. The summed E-state index contributed by atoms with van der Waals surface area (Å²) in [5.74, 6) is -0.273. The molecule has 1 aromatic carbocycles. The molecule has 1 saturated carbocycles. The molecule has 1 aromatic rings. The van der Waals surface area contributed by atoms with Gasteiger partial charge in [0.15, 0.2) is 0 Å². The lowest BCUT2D eigenvalue weighted by Crippen LogP contribution is -2.52. The first-order valence-electron chi connectivity index (χ1n) is 4.75. The maximum atomic E-state index is 13.5. The first-order chi connectivity index (χ1) is 6.51. The fourth-order valence-corrected chi connectivity index (χ4v) is 2.02. The molecule has 0 spiro atoms. The minimum Gasteiger partial charge on any atom is -0.393 e. The Kier molecular flexibility index (Phi) is 2.09. The lowest BCUT2D eigenvalue weighted by atomic mass is 9.70. The van der Waals surface area contributed by atoms with Crippen molar-refractivity contribution in [1.29, 1.82) is 0 Å². The Balaban J connectivity index is 2.36. The van der Waals surface area contributed by atoms with Crippen molar-refractivity contribution in [3.63, 3.8) is 0 Å². The molecule has 3 N–H and O–H groups in total. The van der Waals surface area contributed by atoms with Gasteiger partial charge in [-0.25, -0.2) is 4.39 Å². The van der Waals surface area contributed by atoms with Crippen LogP contribution in [0.15, 0.2) is 18.2 Å². The van der Waals surface area contributed by atoms with E-state index >= 15 is 0 Å². The van der Waals surface area contributed by atoms with Gasteiger partial charge in [-0.3, -0.25) is 0 Å². The van der Waals surface area contributed by atoms with E-state index in [2.05, 4.69) is 0 Å². The van der Waals surface area contributed by atoms with E-state index in [4.69, 9.17) is 5.73 Å². The summed E-state index contributed by atoms with van der Waals surface area (Å²) in [6, 6.07) is 4.92. The van der Waals surface area contributed by atoms with Crippen molar-refractivity contribution in [3.05, 3.63) is 35.1 Å². The zero-order valence-corrected chi connectivity index (χ0v) is 8.13. The van der Waals surface area contributed by atoms with Gasteiger partial charge in [0.2, 0.25) is 0 Å². The van der Waals surface area contributed by atoms with Crippen LogP contribution in [0.1, 0.15) is 24.0 Å². The van der Waals surface area contributed by atoms with Gasteiger partial charge in [0, 0.05) is 11.1 Å². The van der Waals surface area contributed by atoms with Crippen LogP contribution in [0.3, 0.4) is 0 Å². The van der Waals surface area contributed by atoms with Gasteiger partial charge in [0.05, 0.1) is 6.10 Å². The fourth-order valence-electron chi connectivity index (χ4n) is 2.02. The van der Waals surface area contributed by atoms with Crippen LogP contribution in [-0.2, 0) is 5.54 Å². The van der Waals surface area contributed by atoms with E-state index in [1.54, 1.807) is 12.1 Å². The highest BCUT2D eigenvalue weighted by molar-refractivity contribution is 5.32. The van der Waals surface area contributed by atoms with Crippen LogP contribution in [0.2, 0.25) is 0 Å². The van der Waals surface area contributed by atoms with Crippen molar-refractivity contribution in [2.45, 2.75) is 31.4 Å². The van der Waals surface area contributed by atoms with Gasteiger partial charge in [-0.1, -0.05) is 17.7 Å². The van der Waals surface area contributed by atoms with E-state index in [0.717, 1.165) is 5.56 Å². The number of benzene rings is 1. The Bertz CT molecular complexity index is 358. The van der Waals surface area contributed by atoms with E-state index in [1.165, 1.54) is 6.07 Å². The smallest absolute Gasteiger partial charge is 0.128 e. The van der Waals surface area contributed by atoms with Gasteiger partial charge in [0.1, 0.15) is 5.82 Å². The van der Waals surface area contributed by atoms with Crippen LogP contribution in [-0.4, -0.2) is 11.2 Å². The van der Waals surface area contributed by atoms with Crippen LogP contribution in [0.5, 0.6) is 0 Å². The van der Waals surface area contributed by atoms with Gasteiger partial charge in [-0.05, 0) is 25.8 Å². The van der Waals surface area contributed by atoms with Crippen molar-refractivity contribution >= 4 is 0 Å². The highest BCUT2D eigenvalue weighted by Gasteiger charge is 2.42. The van der Waals surface area contributed by atoms with Crippen LogP contribution >= 0.6 is 0 Å². The first kappa shape index (κ1) is 9.62. The number of halogens is 1. The molecule has 1 aliphatic carbocycles. The topological polar surface area (TPSA) is 46.2 Å². The number of aliphatic hydroxyl groups is 1. The largest absolute Gasteiger partial charge is 0.393 e. The number of nitrogens with two attached hydrogens (primary N) is 1. The molecule has 2 rings (SSSR count). The number of rotatable bonds is 1. The molecule has 0 atom stereocenters. The van der Waals surface area contributed by atoms with Gasteiger partial charge >= 0.3 is 0 Å². The van der Waals surface area contributed by atoms with Gasteiger partial charge in [-0.2, -0.15) is 0 Å². The van der Waals surface area contributed by atoms with Crippen LogP contribution < -0.4 is 5.73 Å². The summed E-state index contributed by atoms with van der Waals surface area (Å²) in [6.07, 6.45) is 0.528. The normalized spacial score (nSPS) is 31.3. The Morgan fingerprint density at radius 2 is 2.14 bits per heavy atom. The summed E-state index contributed by atoms with van der Waals surface area (Å²) in [4.78, 5) is 0. The van der Waals surface area contributed by atoms with E-state index in [-0.39, 0.29) is 11.9 Å². The van der Waals surface area contributed by atoms with Crippen molar-refractivity contribution in [3.8, 4) is 0 Å². The van der Waals surface area contributed by atoms with Gasteiger partial charge in [0.25, 0.3) is 0 Å². The Labute approximate surface area is 82.5 Å². The second kappa shape index (κ2) is 3.04. The average Bonchev–Trinajstić information content (AvgIpc) is 2.07. The second-order valence-electron chi connectivity index (χ2n) is 4.20. The van der Waals surface area contributed by atoms with Gasteiger partial charge in [-0.15, -0.1) is 0 Å². The maximum Gasteiger partial charge on any atom is 0.128 e.